The van der Waals surface area contributed by atoms with Crippen molar-refractivity contribution in [3.8, 4) is 0 Å². The fraction of sp³-hybridized carbons (Fsp3) is 0.125. The van der Waals surface area contributed by atoms with Crippen molar-refractivity contribution in [3.05, 3.63) is 65.0 Å². The first-order valence-corrected chi connectivity index (χ1v) is 7.63. The number of anilines is 1. The van der Waals surface area contributed by atoms with Crippen LogP contribution in [-0.2, 0) is 12.4 Å². The molecule has 0 saturated carbocycles. The zero-order valence-corrected chi connectivity index (χ0v) is 12.0. The van der Waals surface area contributed by atoms with Crippen LogP contribution in [0.2, 0.25) is 0 Å². The third-order valence-corrected chi connectivity index (χ3v) is 4.49. The summed E-state index contributed by atoms with van der Waals surface area (Å²) in [4.78, 5) is 0. The molecule has 0 aliphatic rings. The van der Waals surface area contributed by atoms with Crippen LogP contribution in [0.5, 0.6) is 0 Å². The molecule has 0 unspecified atom stereocenters. The first-order chi connectivity index (χ1) is 9.38. The molecule has 0 fully saturated rings. The van der Waals surface area contributed by atoms with Gasteiger partial charge in [0.05, 0.1) is 0 Å². The van der Waals surface area contributed by atoms with Crippen LogP contribution in [0, 0.1) is 0 Å². The van der Waals surface area contributed by atoms with Crippen molar-refractivity contribution in [2.75, 3.05) is 5.32 Å². The van der Waals surface area contributed by atoms with Gasteiger partial charge in [0.1, 0.15) is 0 Å². The number of para-hydroxylation sites is 1. The number of halogens is 1. The number of rotatable bonds is 4. The molecule has 19 heavy (non-hydrogen) atoms. The molecule has 0 aliphatic heterocycles. The van der Waals surface area contributed by atoms with Crippen LogP contribution in [0.15, 0.2) is 53.9 Å². The Morgan fingerprint density at radius 1 is 0.947 bits per heavy atom. The topological polar surface area (TPSA) is 12.0 Å². The van der Waals surface area contributed by atoms with E-state index in [-0.39, 0.29) is 0 Å². The van der Waals surface area contributed by atoms with Crippen molar-refractivity contribution < 1.29 is 0 Å². The highest BCUT2D eigenvalue weighted by Gasteiger charge is 2.04. The van der Waals surface area contributed by atoms with Gasteiger partial charge in [-0.15, -0.1) is 22.9 Å². The summed E-state index contributed by atoms with van der Waals surface area (Å²) in [6.07, 6.45) is 0. The van der Waals surface area contributed by atoms with Gasteiger partial charge in [-0.1, -0.05) is 36.4 Å². The summed E-state index contributed by atoms with van der Waals surface area (Å²) < 4.78 is 1.34. The molecule has 0 atom stereocenters. The maximum absolute atomic E-state index is 5.95. The third kappa shape index (κ3) is 2.60. The first kappa shape index (κ1) is 12.5. The maximum atomic E-state index is 5.95. The standard InChI is InChI=1S/C16H14ClNS/c17-9-12-5-1-3-7-15(12)18-10-13-11-19-16-8-4-2-6-14(13)16/h1-8,11,18H,9-10H2. The van der Waals surface area contributed by atoms with Gasteiger partial charge in [-0.3, -0.25) is 0 Å². The SMILES string of the molecule is ClCc1ccccc1NCc1csc2ccccc12. The Hall–Kier alpha value is -1.51. The van der Waals surface area contributed by atoms with E-state index in [0.29, 0.717) is 5.88 Å². The molecule has 3 aromatic rings. The number of nitrogens with one attached hydrogen (secondary N) is 1. The molecule has 0 amide bonds. The van der Waals surface area contributed by atoms with E-state index in [1.165, 1.54) is 15.6 Å². The van der Waals surface area contributed by atoms with Gasteiger partial charge in [-0.05, 0) is 34.0 Å². The molecule has 2 aromatic carbocycles. The average molecular weight is 288 g/mol. The van der Waals surface area contributed by atoms with Gasteiger partial charge in [0, 0.05) is 22.8 Å². The van der Waals surface area contributed by atoms with E-state index in [1.54, 1.807) is 11.3 Å². The lowest BCUT2D eigenvalue weighted by Crippen LogP contribution is -2.00. The number of fused-ring (bicyclic) bond motifs is 1. The van der Waals surface area contributed by atoms with Crippen LogP contribution in [0.4, 0.5) is 5.69 Å². The normalized spacial score (nSPS) is 10.8. The van der Waals surface area contributed by atoms with Crippen LogP contribution >= 0.6 is 22.9 Å². The second-order valence-electron chi connectivity index (χ2n) is 4.40. The molecule has 0 bridgehead atoms. The number of alkyl halides is 1. The lowest BCUT2D eigenvalue weighted by Gasteiger charge is -2.09. The number of benzene rings is 2. The minimum atomic E-state index is 0.535. The quantitative estimate of drug-likeness (QED) is 0.646. The fourth-order valence-corrected chi connectivity index (χ4v) is 3.37. The Bertz CT molecular complexity index is 690. The Morgan fingerprint density at radius 3 is 2.63 bits per heavy atom. The van der Waals surface area contributed by atoms with Gasteiger partial charge in [0.15, 0.2) is 0 Å². The highest BCUT2D eigenvalue weighted by molar-refractivity contribution is 7.17. The van der Waals surface area contributed by atoms with Crippen molar-refractivity contribution >= 4 is 38.7 Å². The van der Waals surface area contributed by atoms with Crippen molar-refractivity contribution in [1.29, 1.82) is 0 Å². The highest BCUT2D eigenvalue weighted by Crippen LogP contribution is 2.27. The monoisotopic (exact) mass is 287 g/mol. The van der Waals surface area contributed by atoms with Crippen LogP contribution in [0.3, 0.4) is 0 Å². The summed E-state index contributed by atoms with van der Waals surface area (Å²) in [7, 11) is 0. The molecule has 1 nitrogen and oxygen atoms in total. The summed E-state index contributed by atoms with van der Waals surface area (Å²) in [5.74, 6) is 0.535. The van der Waals surface area contributed by atoms with Crippen LogP contribution in [0.1, 0.15) is 11.1 Å². The van der Waals surface area contributed by atoms with Crippen molar-refractivity contribution in [2.24, 2.45) is 0 Å². The Labute approximate surface area is 121 Å². The van der Waals surface area contributed by atoms with Gasteiger partial charge >= 0.3 is 0 Å². The summed E-state index contributed by atoms with van der Waals surface area (Å²) in [6.45, 7) is 0.831. The smallest absolute Gasteiger partial charge is 0.0494 e. The molecule has 1 N–H and O–H groups in total. The fourth-order valence-electron chi connectivity index (χ4n) is 2.17. The first-order valence-electron chi connectivity index (χ1n) is 6.21. The second kappa shape index (κ2) is 5.64. The molecule has 0 aliphatic carbocycles. The molecule has 1 heterocycles. The van der Waals surface area contributed by atoms with Crippen LogP contribution in [0.25, 0.3) is 10.1 Å². The summed E-state index contributed by atoms with van der Waals surface area (Å²) in [6, 6.07) is 16.7. The van der Waals surface area contributed by atoms with E-state index in [0.717, 1.165) is 17.8 Å². The molecule has 0 saturated heterocycles. The summed E-state index contributed by atoms with van der Waals surface area (Å²) >= 11 is 7.74. The average Bonchev–Trinajstić information content (AvgIpc) is 2.89. The molecular weight excluding hydrogens is 274 g/mol. The molecule has 96 valence electrons. The van der Waals surface area contributed by atoms with Gasteiger partial charge in [-0.25, -0.2) is 0 Å². The number of hydrogen-bond acceptors (Lipinski definition) is 2. The molecule has 0 spiro atoms. The maximum Gasteiger partial charge on any atom is 0.0494 e. The zero-order valence-electron chi connectivity index (χ0n) is 10.4. The van der Waals surface area contributed by atoms with Gasteiger partial charge in [0.25, 0.3) is 0 Å². The lowest BCUT2D eigenvalue weighted by molar-refractivity contribution is 1.16. The van der Waals surface area contributed by atoms with E-state index < -0.39 is 0 Å². The number of thiophene rings is 1. The Kier molecular flexibility index (Phi) is 3.72. The van der Waals surface area contributed by atoms with Crippen LogP contribution in [-0.4, -0.2) is 0 Å². The Morgan fingerprint density at radius 2 is 1.74 bits per heavy atom. The summed E-state index contributed by atoms with van der Waals surface area (Å²) in [5.41, 5.74) is 3.60. The highest BCUT2D eigenvalue weighted by atomic mass is 35.5. The molecular formula is C16H14ClNS. The van der Waals surface area contributed by atoms with Crippen molar-refractivity contribution in [2.45, 2.75) is 12.4 Å². The van der Waals surface area contributed by atoms with Crippen LogP contribution < -0.4 is 5.32 Å². The largest absolute Gasteiger partial charge is 0.381 e. The van der Waals surface area contributed by atoms with E-state index in [1.807, 2.05) is 12.1 Å². The molecule has 0 radical (unpaired) electrons. The minimum absolute atomic E-state index is 0.535. The Balaban J connectivity index is 1.82. The summed E-state index contributed by atoms with van der Waals surface area (Å²) in [5, 5.41) is 7.04. The van der Waals surface area contributed by atoms with E-state index in [2.05, 4.69) is 47.1 Å². The minimum Gasteiger partial charge on any atom is -0.381 e. The molecule has 3 rings (SSSR count). The van der Waals surface area contributed by atoms with E-state index in [4.69, 9.17) is 11.6 Å². The third-order valence-electron chi connectivity index (χ3n) is 3.19. The van der Waals surface area contributed by atoms with Gasteiger partial charge in [-0.2, -0.15) is 0 Å². The van der Waals surface area contributed by atoms with E-state index in [9.17, 15) is 0 Å². The zero-order chi connectivity index (χ0) is 13.1. The van der Waals surface area contributed by atoms with Crippen molar-refractivity contribution in [1.82, 2.24) is 0 Å². The predicted octanol–water partition coefficient (Wildman–Crippen LogP) is 5.25. The lowest BCUT2D eigenvalue weighted by atomic mass is 10.1. The van der Waals surface area contributed by atoms with Crippen molar-refractivity contribution in [3.63, 3.8) is 0 Å². The van der Waals surface area contributed by atoms with Gasteiger partial charge in [0.2, 0.25) is 0 Å². The number of hydrogen-bond donors (Lipinski definition) is 1. The predicted molar refractivity (Wildman–Crippen MR) is 85.2 cm³/mol. The second-order valence-corrected chi connectivity index (χ2v) is 5.58. The molecule has 1 aromatic heterocycles. The van der Waals surface area contributed by atoms with E-state index >= 15 is 0 Å². The van der Waals surface area contributed by atoms with Gasteiger partial charge < -0.3 is 5.32 Å². The molecule has 3 heteroatoms.